The van der Waals surface area contributed by atoms with Crippen LogP contribution in [0.3, 0.4) is 0 Å². The summed E-state index contributed by atoms with van der Waals surface area (Å²) in [5.74, 6) is -1.80. The maximum absolute atomic E-state index is 11.8. The number of Topliss-reactive ketones (excluding diaryl/α,β-unsaturated/α-hetero) is 1. The van der Waals surface area contributed by atoms with Gasteiger partial charge in [0.25, 0.3) is 5.91 Å². The third-order valence-electron chi connectivity index (χ3n) is 4.37. The van der Waals surface area contributed by atoms with E-state index >= 15 is 0 Å². The van der Waals surface area contributed by atoms with Gasteiger partial charge in [0.2, 0.25) is 5.78 Å². The van der Waals surface area contributed by atoms with Gasteiger partial charge in [-0.2, -0.15) is 0 Å². The summed E-state index contributed by atoms with van der Waals surface area (Å²) in [6.45, 7) is 4.41. The number of ketones is 1. The minimum absolute atomic E-state index is 0.101. The molecule has 0 radical (unpaired) electrons. The summed E-state index contributed by atoms with van der Waals surface area (Å²) in [7, 11) is 0. The maximum atomic E-state index is 11.8. The third kappa shape index (κ3) is 5.02. The molecular weight excluding hydrogens is 272 g/mol. The van der Waals surface area contributed by atoms with Gasteiger partial charge in [0.1, 0.15) is 6.04 Å². The predicted molar refractivity (Wildman–Crippen MR) is 78.6 cm³/mol. The van der Waals surface area contributed by atoms with Crippen molar-refractivity contribution in [3.8, 4) is 0 Å². The first-order valence-corrected chi connectivity index (χ1v) is 7.71. The van der Waals surface area contributed by atoms with Crippen LogP contribution < -0.4 is 11.1 Å². The Morgan fingerprint density at radius 2 is 1.95 bits per heavy atom. The Balaban J connectivity index is 2.47. The number of hydrogen-bond acceptors (Lipinski definition) is 4. The number of amides is 2. The van der Waals surface area contributed by atoms with E-state index in [4.69, 9.17) is 10.5 Å². The van der Waals surface area contributed by atoms with Gasteiger partial charge in [-0.25, -0.2) is 4.79 Å². The average molecular weight is 298 g/mol. The highest BCUT2D eigenvalue weighted by Crippen LogP contribution is 2.43. The first-order valence-electron chi connectivity index (χ1n) is 7.71. The van der Waals surface area contributed by atoms with Crippen molar-refractivity contribution in [2.75, 3.05) is 6.61 Å². The van der Waals surface area contributed by atoms with E-state index in [9.17, 15) is 14.4 Å². The number of hydrogen-bond donors (Lipinski definition) is 2. The molecule has 1 atom stereocenters. The van der Waals surface area contributed by atoms with Crippen LogP contribution in [0, 0.1) is 5.41 Å². The molecule has 1 saturated carbocycles. The lowest BCUT2D eigenvalue weighted by Gasteiger charge is -2.40. The number of ether oxygens (including phenoxy) is 1. The molecule has 0 bridgehead atoms. The average Bonchev–Trinajstić information content (AvgIpc) is 2.41. The minimum atomic E-state index is -1.03. The van der Waals surface area contributed by atoms with E-state index in [2.05, 4.69) is 12.2 Å². The van der Waals surface area contributed by atoms with Gasteiger partial charge in [-0.3, -0.25) is 9.59 Å². The van der Waals surface area contributed by atoms with Crippen molar-refractivity contribution in [2.24, 2.45) is 11.1 Å². The number of carbonyl (C=O) groups excluding carboxylic acids is 3. The molecule has 0 aromatic heterocycles. The number of rotatable bonds is 9. The summed E-state index contributed by atoms with van der Waals surface area (Å²) in [6, 6.07) is -0.881. The van der Waals surface area contributed by atoms with Gasteiger partial charge in [-0.15, -0.1) is 0 Å². The molecule has 1 aliphatic rings. The van der Waals surface area contributed by atoms with Crippen LogP contribution in [-0.4, -0.2) is 30.4 Å². The summed E-state index contributed by atoms with van der Waals surface area (Å²) in [6.07, 6.45) is 5.60. The van der Waals surface area contributed by atoms with Gasteiger partial charge in [0, 0.05) is 5.41 Å². The van der Waals surface area contributed by atoms with E-state index in [1.165, 1.54) is 0 Å². The lowest BCUT2D eigenvalue weighted by atomic mass is 9.68. The Morgan fingerprint density at radius 3 is 2.38 bits per heavy atom. The van der Waals surface area contributed by atoms with Crippen molar-refractivity contribution >= 4 is 17.8 Å². The number of alkyl carbamates (subject to hydrolysis) is 1. The van der Waals surface area contributed by atoms with Gasteiger partial charge >= 0.3 is 6.09 Å². The first-order chi connectivity index (χ1) is 9.94. The Kier molecular flexibility index (Phi) is 6.65. The molecule has 2 amide bonds. The SMILES string of the molecule is CCCC[C@H](NC(=O)OCC1(CC)CCC1)C(=O)C(N)=O. The number of nitrogens with two attached hydrogens (primary N) is 1. The monoisotopic (exact) mass is 298 g/mol. The molecule has 0 aliphatic heterocycles. The second-order valence-corrected chi connectivity index (χ2v) is 5.85. The smallest absolute Gasteiger partial charge is 0.407 e. The topological polar surface area (TPSA) is 98.5 Å². The number of nitrogens with one attached hydrogen (secondary N) is 1. The van der Waals surface area contributed by atoms with Gasteiger partial charge in [0.05, 0.1) is 6.61 Å². The summed E-state index contributed by atoms with van der Waals surface area (Å²) in [4.78, 5) is 34.5. The highest BCUT2D eigenvalue weighted by molar-refractivity contribution is 6.37. The zero-order valence-corrected chi connectivity index (χ0v) is 12.9. The lowest BCUT2D eigenvalue weighted by molar-refractivity contribution is -0.137. The second kappa shape index (κ2) is 8.00. The fraction of sp³-hybridized carbons (Fsp3) is 0.800. The van der Waals surface area contributed by atoms with Crippen LogP contribution in [-0.2, 0) is 14.3 Å². The van der Waals surface area contributed by atoms with Gasteiger partial charge in [0.15, 0.2) is 0 Å². The quantitative estimate of drug-likeness (QED) is 0.635. The molecule has 1 fully saturated rings. The molecule has 0 saturated heterocycles. The van der Waals surface area contributed by atoms with Gasteiger partial charge in [-0.1, -0.05) is 33.1 Å². The normalized spacial score (nSPS) is 17.4. The van der Waals surface area contributed by atoms with Crippen molar-refractivity contribution in [3.63, 3.8) is 0 Å². The van der Waals surface area contributed by atoms with Crippen LogP contribution in [0.2, 0.25) is 0 Å². The molecule has 6 heteroatoms. The zero-order chi connectivity index (χ0) is 15.9. The highest BCUT2D eigenvalue weighted by atomic mass is 16.5. The Morgan fingerprint density at radius 1 is 1.29 bits per heavy atom. The van der Waals surface area contributed by atoms with Crippen molar-refractivity contribution < 1.29 is 19.1 Å². The third-order valence-corrected chi connectivity index (χ3v) is 4.37. The van der Waals surface area contributed by atoms with Gasteiger partial charge < -0.3 is 15.8 Å². The number of primary amides is 1. The van der Waals surface area contributed by atoms with Gasteiger partial charge in [-0.05, 0) is 25.7 Å². The van der Waals surface area contributed by atoms with E-state index in [-0.39, 0.29) is 5.41 Å². The van der Waals surface area contributed by atoms with E-state index in [0.717, 1.165) is 38.5 Å². The Hall–Kier alpha value is -1.59. The van der Waals surface area contributed by atoms with Crippen molar-refractivity contribution in [3.05, 3.63) is 0 Å². The highest BCUT2D eigenvalue weighted by Gasteiger charge is 2.36. The lowest BCUT2D eigenvalue weighted by Crippen LogP contribution is -2.47. The summed E-state index contributed by atoms with van der Waals surface area (Å²) in [5.41, 5.74) is 5.10. The minimum Gasteiger partial charge on any atom is -0.449 e. The van der Waals surface area contributed by atoms with Crippen LogP contribution in [0.25, 0.3) is 0 Å². The standard InChI is InChI=1S/C15H26N2O4/c1-3-5-7-11(12(18)13(16)19)17-14(20)21-10-15(4-2)8-6-9-15/h11H,3-10H2,1-2H3,(H2,16,19)(H,17,20)/t11-/m0/s1. The van der Waals surface area contributed by atoms with Crippen LogP contribution in [0.5, 0.6) is 0 Å². The molecule has 120 valence electrons. The molecule has 3 N–H and O–H groups in total. The predicted octanol–water partition coefficient (Wildman–Crippen LogP) is 1.91. The number of unbranched alkanes of at least 4 members (excludes halogenated alkanes) is 1. The maximum Gasteiger partial charge on any atom is 0.407 e. The molecule has 1 rings (SSSR count). The molecule has 1 aliphatic carbocycles. The van der Waals surface area contributed by atoms with E-state index < -0.39 is 23.8 Å². The summed E-state index contributed by atoms with van der Waals surface area (Å²) < 4.78 is 5.23. The molecule has 0 aromatic rings. The first kappa shape index (κ1) is 17.5. The van der Waals surface area contributed by atoms with Crippen molar-refractivity contribution in [1.29, 1.82) is 0 Å². The zero-order valence-electron chi connectivity index (χ0n) is 12.9. The molecule has 0 aromatic carbocycles. The van der Waals surface area contributed by atoms with E-state index in [0.29, 0.717) is 13.0 Å². The van der Waals surface area contributed by atoms with Crippen LogP contribution >= 0.6 is 0 Å². The van der Waals surface area contributed by atoms with Crippen LogP contribution in [0.15, 0.2) is 0 Å². The molecular formula is C15H26N2O4. The fourth-order valence-corrected chi connectivity index (χ4v) is 2.53. The molecule has 0 spiro atoms. The summed E-state index contributed by atoms with van der Waals surface area (Å²) >= 11 is 0. The molecule has 6 nitrogen and oxygen atoms in total. The van der Waals surface area contributed by atoms with Crippen molar-refractivity contribution in [2.45, 2.75) is 64.8 Å². The molecule has 21 heavy (non-hydrogen) atoms. The Labute approximate surface area is 125 Å². The second-order valence-electron chi connectivity index (χ2n) is 5.85. The van der Waals surface area contributed by atoms with E-state index in [1.807, 2.05) is 6.92 Å². The number of carbonyl (C=O) groups is 3. The van der Waals surface area contributed by atoms with Crippen LogP contribution in [0.4, 0.5) is 4.79 Å². The fourth-order valence-electron chi connectivity index (χ4n) is 2.53. The van der Waals surface area contributed by atoms with Crippen molar-refractivity contribution in [1.82, 2.24) is 5.32 Å². The summed E-state index contributed by atoms with van der Waals surface area (Å²) in [5, 5.41) is 2.47. The van der Waals surface area contributed by atoms with Crippen LogP contribution in [0.1, 0.15) is 58.8 Å². The molecule has 0 unspecified atom stereocenters. The largest absolute Gasteiger partial charge is 0.449 e. The Bertz CT molecular complexity index is 386. The van der Waals surface area contributed by atoms with E-state index in [1.54, 1.807) is 0 Å². The molecule has 0 heterocycles.